The summed E-state index contributed by atoms with van der Waals surface area (Å²) >= 11 is 0. The van der Waals surface area contributed by atoms with Crippen molar-refractivity contribution >= 4 is 23.8 Å². The number of amides is 5. The molecule has 4 saturated carbocycles. The lowest BCUT2D eigenvalue weighted by atomic mass is 9.52. The fraction of sp³-hybridized carbons (Fsp3) is 0.619. The molecule has 0 unspecified atom stereocenters. The number of nitrogens with zero attached hydrogens (tertiary/aromatic N) is 2. The van der Waals surface area contributed by atoms with Gasteiger partial charge >= 0.3 is 17.8 Å². The van der Waals surface area contributed by atoms with Gasteiger partial charge in [-0.25, -0.2) is 14.6 Å². The first kappa shape index (κ1) is 18.4. The van der Waals surface area contributed by atoms with Crippen LogP contribution in [0, 0.1) is 17.8 Å². The van der Waals surface area contributed by atoms with Gasteiger partial charge in [0, 0.05) is 0 Å². The van der Waals surface area contributed by atoms with Crippen LogP contribution >= 0.6 is 0 Å². The fourth-order valence-electron chi connectivity index (χ4n) is 6.44. The molecule has 8 heteroatoms. The third-order valence-corrected chi connectivity index (χ3v) is 7.18. The maximum absolute atomic E-state index is 13.1. The van der Waals surface area contributed by atoms with Crippen LogP contribution < -0.4 is 5.32 Å². The average molecular weight is 399 g/mol. The summed E-state index contributed by atoms with van der Waals surface area (Å²) < 4.78 is 5.26. The van der Waals surface area contributed by atoms with Crippen molar-refractivity contribution in [2.24, 2.45) is 17.8 Å². The summed E-state index contributed by atoms with van der Waals surface area (Å²) in [6.07, 6.45) is 7.38. The Balaban J connectivity index is 1.31. The second-order valence-corrected chi connectivity index (χ2v) is 9.26. The quantitative estimate of drug-likeness (QED) is 0.604. The smallest absolute Gasteiger partial charge is 0.335 e. The van der Waals surface area contributed by atoms with Crippen molar-refractivity contribution in [1.29, 1.82) is 0 Å². The van der Waals surface area contributed by atoms with E-state index in [9.17, 15) is 19.2 Å². The van der Waals surface area contributed by atoms with E-state index in [0.29, 0.717) is 23.5 Å². The third kappa shape index (κ3) is 2.88. The molecule has 1 N–H and O–H groups in total. The highest BCUT2D eigenvalue weighted by atomic mass is 16.3. The largest absolute Gasteiger partial charge is 0.467 e. The molecule has 8 nitrogen and oxygen atoms in total. The number of furan rings is 1. The number of hydrogen-bond acceptors (Lipinski definition) is 5. The first-order valence-electron chi connectivity index (χ1n) is 10.4. The first-order valence-corrected chi connectivity index (χ1v) is 10.4. The molecule has 4 bridgehead atoms. The predicted molar refractivity (Wildman–Crippen MR) is 100 cm³/mol. The number of hydrogen-bond donors (Lipinski definition) is 1. The van der Waals surface area contributed by atoms with Crippen LogP contribution in [0.15, 0.2) is 22.8 Å². The van der Waals surface area contributed by atoms with Crippen molar-refractivity contribution in [1.82, 2.24) is 15.1 Å². The van der Waals surface area contributed by atoms with E-state index >= 15 is 0 Å². The van der Waals surface area contributed by atoms with Gasteiger partial charge in [0.1, 0.15) is 12.3 Å². The van der Waals surface area contributed by atoms with Gasteiger partial charge in [0.2, 0.25) is 5.91 Å². The average Bonchev–Trinajstić information content (AvgIpc) is 3.25. The summed E-state index contributed by atoms with van der Waals surface area (Å²) in [6.45, 7) is 1.29. The normalized spacial score (nSPS) is 34.2. The summed E-state index contributed by atoms with van der Waals surface area (Å²) in [6, 6.07) is 2.41. The molecule has 1 aliphatic heterocycles. The van der Waals surface area contributed by atoms with Crippen LogP contribution in [-0.4, -0.2) is 45.6 Å². The zero-order valence-electron chi connectivity index (χ0n) is 16.4. The van der Waals surface area contributed by atoms with E-state index in [1.807, 2.05) is 0 Å². The Kier molecular flexibility index (Phi) is 4.08. The molecule has 5 fully saturated rings. The van der Waals surface area contributed by atoms with E-state index in [-0.39, 0.29) is 0 Å². The predicted octanol–water partition coefficient (Wildman–Crippen LogP) is 2.22. The van der Waals surface area contributed by atoms with Crippen molar-refractivity contribution in [3.63, 3.8) is 0 Å². The molecule has 0 spiro atoms. The molecule has 5 aliphatic rings. The molecule has 1 saturated heterocycles. The standard InChI is InChI=1S/C21H25N3O5/c1-12(16-3-2-4-29-16)22-17(25)11-23-18(26)19(27)24(20(23)28)21-8-13-5-14(9-21)7-15(6-13)10-21/h2-4,12-15H,5-11H2,1H3,(H,22,25)/t12-,13?,14?,15?,21?/m0/s1. The van der Waals surface area contributed by atoms with Crippen molar-refractivity contribution in [2.45, 2.75) is 57.0 Å². The summed E-state index contributed by atoms with van der Waals surface area (Å²) in [5, 5.41) is 2.71. The van der Waals surface area contributed by atoms with Crippen LogP contribution in [0.25, 0.3) is 0 Å². The molecule has 1 atom stereocenters. The highest BCUT2D eigenvalue weighted by Gasteiger charge is 2.61. The van der Waals surface area contributed by atoms with Gasteiger partial charge in [-0.2, -0.15) is 0 Å². The van der Waals surface area contributed by atoms with E-state index in [0.717, 1.165) is 24.2 Å². The van der Waals surface area contributed by atoms with E-state index < -0.39 is 41.9 Å². The molecular formula is C21H25N3O5. The molecule has 5 amide bonds. The Labute approximate surface area is 168 Å². The topological polar surface area (TPSA) is 99.9 Å². The molecule has 0 radical (unpaired) electrons. The number of urea groups is 1. The van der Waals surface area contributed by atoms with Crippen molar-refractivity contribution in [2.75, 3.05) is 6.54 Å². The lowest BCUT2D eigenvalue weighted by molar-refractivity contribution is -0.150. The van der Waals surface area contributed by atoms with Crippen LogP contribution in [0.1, 0.15) is 57.3 Å². The molecule has 2 heterocycles. The van der Waals surface area contributed by atoms with Crippen LogP contribution in [0.5, 0.6) is 0 Å². The second kappa shape index (κ2) is 6.43. The Morgan fingerprint density at radius 3 is 2.31 bits per heavy atom. The molecule has 29 heavy (non-hydrogen) atoms. The maximum atomic E-state index is 13.1. The van der Waals surface area contributed by atoms with Gasteiger partial charge in [0.05, 0.1) is 17.8 Å². The molecule has 154 valence electrons. The van der Waals surface area contributed by atoms with E-state index in [4.69, 9.17) is 4.42 Å². The summed E-state index contributed by atoms with van der Waals surface area (Å²) in [5.74, 6) is -0.00910. The summed E-state index contributed by atoms with van der Waals surface area (Å²) in [5.41, 5.74) is -0.536. The number of rotatable bonds is 5. The van der Waals surface area contributed by atoms with Gasteiger partial charge in [-0.1, -0.05) is 0 Å². The van der Waals surface area contributed by atoms with Crippen LogP contribution in [0.3, 0.4) is 0 Å². The molecule has 4 aliphatic carbocycles. The lowest BCUT2D eigenvalue weighted by Gasteiger charge is -2.58. The highest BCUT2D eigenvalue weighted by Crippen LogP contribution is 2.58. The Bertz CT molecular complexity index is 842. The van der Waals surface area contributed by atoms with E-state index in [2.05, 4.69) is 5.32 Å². The van der Waals surface area contributed by atoms with E-state index in [1.165, 1.54) is 30.4 Å². The second-order valence-electron chi connectivity index (χ2n) is 9.26. The van der Waals surface area contributed by atoms with Gasteiger partial charge in [0.15, 0.2) is 0 Å². The number of nitrogens with one attached hydrogen (secondary N) is 1. The number of imide groups is 2. The van der Waals surface area contributed by atoms with Gasteiger partial charge in [0.25, 0.3) is 0 Å². The fourth-order valence-corrected chi connectivity index (χ4v) is 6.44. The zero-order chi connectivity index (χ0) is 20.3. The Hall–Kier alpha value is -2.64. The first-order chi connectivity index (χ1) is 13.9. The lowest BCUT2D eigenvalue weighted by Crippen LogP contribution is -2.62. The van der Waals surface area contributed by atoms with Crippen LogP contribution in [0.4, 0.5) is 4.79 Å². The van der Waals surface area contributed by atoms with Crippen LogP contribution in [-0.2, 0) is 14.4 Å². The zero-order valence-corrected chi connectivity index (χ0v) is 16.4. The molecule has 0 aromatic carbocycles. The number of carbonyl (C=O) groups excluding carboxylic acids is 4. The SMILES string of the molecule is C[C@H](NC(=O)CN1C(=O)C(=O)N(C23CC4CC(CC(C4)C2)C3)C1=O)c1ccco1. The van der Waals surface area contributed by atoms with Crippen molar-refractivity contribution < 1.29 is 23.6 Å². The molecule has 6 rings (SSSR count). The monoisotopic (exact) mass is 399 g/mol. The third-order valence-electron chi connectivity index (χ3n) is 7.18. The molecular weight excluding hydrogens is 374 g/mol. The van der Waals surface area contributed by atoms with Gasteiger partial charge < -0.3 is 9.73 Å². The molecule has 1 aromatic rings. The maximum Gasteiger partial charge on any atom is 0.335 e. The van der Waals surface area contributed by atoms with Gasteiger partial charge in [-0.3, -0.25) is 14.4 Å². The minimum Gasteiger partial charge on any atom is -0.467 e. The van der Waals surface area contributed by atoms with Crippen LogP contribution in [0.2, 0.25) is 0 Å². The minimum absolute atomic E-state index is 0.403. The Morgan fingerprint density at radius 2 is 1.76 bits per heavy atom. The summed E-state index contributed by atoms with van der Waals surface area (Å²) in [7, 11) is 0. The minimum atomic E-state index is -0.897. The summed E-state index contributed by atoms with van der Waals surface area (Å²) in [4.78, 5) is 52.9. The van der Waals surface area contributed by atoms with Gasteiger partial charge in [-0.15, -0.1) is 0 Å². The van der Waals surface area contributed by atoms with Gasteiger partial charge in [-0.05, 0) is 75.3 Å². The molecule has 1 aromatic heterocycles. The highest BCUT2D eigenvalue weighted by molar-refractivity contribution is 6.45. The Morgan fingerprint density at radius 1 is 1.14 bits per heavy atom. The van der Waals surface area contributed by atoms with E-state index in [1.54, 1.807) is 19.1 Å². The number of carbonyl (C=O) groups is 4. The van der Waals surface area contributed by atoms with Crippen molar-refractivity contribution in [3.05, 3.63) is 24.2 Å². The van der Waals surface area contributed by atoms with Crippen molar-refractivity contribution in [3.8, 4) is 0 Å².